The Morgan fingerprint density at radius 1 is 1.07 bits per heavy atom. The number of ether oxygens (including phenoxy) is 1. The Balaban J connectivity index is 1.25. The van der Waals surface area contributed by atoms with Gasteiger partial charge in [0.05, 0.1) is 0 Å². The van der Waals surface area contributed by atoms with Crippen LogP contribution in [-0.4, -0.2) is 49.1 Å². The summed E-state index contributed by atoms with van der Waals surface area (Å²) >= 11 is 0. The van der Waals surface area contributed by atoms with E-state index in [-0.39, 0.29) is 17.2 Å². The molecule has 1 N–H and O–H groups in total. The largest absolute Gasteiger partial charge is 0.381 e. The molecular weight excluding hydrogens is 376 g/mol. The fourth-order valence-corrected chi connectivity index (χ4v) is 6.10. The van der Waals surface area contributed by atoms with E-state index in [0.29, 0.717) is 37.5 Å². The summed E-state index contributed by atoms with van der Waals surface area (Å²) in [6.45, 7) is 3.11. The highest BCUT2D eigenvalue weighted by molar-refractivity contribution is 5.79. The van der Waals surface area contributed by atoms with Gasteiger partial charge < -0.3 is 15.0 Å². The molecule has 5 heteroatoms. The smallest absolute Gasteiger partial charge is 0.225 e. The zero-order valence-electron chi connectivity index (χ0n) is 17.9. The highest BCUT2D eigenvalue weighted by atomic mass is 16.5. The Labute approximate surface area is 179 Å². The molecule has 3 fully saturated rings. The predicted octanol–water partition coefficient (Wildman–Crippen LogP) is 3.52. The van der Waals surface area contributed by atoms with Gasteiger partial charge in [0.2, 0.25) is 11.8 Å². The van der Waals surface area contributed by atoms with Crippen LogP contribution >= 0.6 is 0 Å². The Bertz CT molecular complexity index is 789. The summed E-state index contributed by atoms with van der Waals surface area (Å²) in [7, 11) is 0. The maximum atomic E-state index is 13.0. The van der Waals surface area contributed by atoms with E-state index in [0.717, 1.165) is 58.0 Å². The minimum absolute atomic E-state index is 0.129. The summed E-state index contributed by atoms with van der Waals surface area (Å²) in [5.41, 5.74) is 2.93. The lowest BCUT2D eigenvalue weighted by atomic mass is 9.73. The molecule has 0 bridgehead atoms. The summed E-state index contributed by atoms with van der Waals surface area (Å²) < 4.78 is 5.43. The van der Waals surface area contributed by atoms with Gasteiger partial charge in [-0.3, -0.25) is 9.59 Å². The molecule has 2 saturated heterocycles. The van der Waals surface area contributed by atoms with E-state index in [9.17, 15) is 9.59 Å². The number of fused-ring (bicyclic) bond motifs is 2. The number of rotatable bonds is 4. The highest BCUT2D eigenvalue weighted by Gasteiger charge is 2.46. The van der Waals surface area contributed by atoms with Gasteiger partial charge >= 0.3 is 0 Å². The second-order valence-electron chi connectivity index (χ2n) is 9.88. The first-order chi connectivity index (χ1) is 14.6. The average Bonchev–Trinajstić information content (AvgIpc) is 3.05. The molecule has 0 aromatic heterocycles. The zero-order chi connectivity index (χ0) is 20.6. The lowest BCUT2D eigenvalue weighted by Gasteiger charge is -2.42. The van der Waals surface area contributed by atoms with E-state index < -0.39 is 0 Å². The highest BCUT2D eigenvalue weighted by Crippen LogP contribution is 2.52. The molecule has 2 aliphatic heterocycles. The normalized spacial score (nSPS) is 26.3. The summed E-state index contributed by atoms with van der Waals surface area (Å²) in [5.74, 6) is 0.991. The molecule has 0 radical (unpaired) electrons. The summed E-state index contributed by atoms with van der Waals surface area (Å²) in [6.07, 6.45) is 8.90. The van der Waals surface area contributed by atoms with Crippen molar-refractivity contribution >= 4 is 11.8 Å². The second-order valence-corrected chi connectivity index (χ2v) is 9.88. The number of benzene rings is 1. The van der Waals surface area contributed by atoms with Crippen molar-refractivity contribution in [1.29, 1.82) is 0 Å². The van der Waals surface area contributed by atoms with E-state index >= 15 is 0 Å². The van der Waals surface area contributed by atoms with Gasteiger partial charge in [-0.2, -0.15) is 0 Å². The van der Waals surface area contributed by atoms with Crippen LogP contribution < -0.4 is 5.32 Å². The van der Waals surface area contributed by atoms with E-state index in [4.69, 9.17) is 4.74 Å². The van der Waals surface area contributed by atoms with Gasteiger partial charge in [0.15, 0.2) is 0 Å². The quantitative estimate of drug-likeness (QED) is 0.826. The minimum atomic E-state index is 0.129. The topological polar surface area (TPSA) is 58.6 Å². The lowest BCUT2D eigenvalue weighted by Crippen LogP contribution is -2.47. The van der Waals surface area contributed by atoms with Crippen molar-refractivity contribution in [2.45, 2.75) is 75.2 Å². The van der Waals surface area contributed by atoms with Crippen LogP contribution in [0.25, 0.3) is 0 Å². The summed E-state index contributed by atoms with van der Waals surface area (Å²) in [6, 6.07) is 9.15. The standard InChI is InChI=1S/C25H34N2O3/c28-23(26-20-4-3-5-20)16-19-17-25(22-7-2-1-6-21(19)22)10-12-27(13-11-25)24(29)18-8-14-30-15-9-18/h1-2,6-7,18-20H,3-5,8-17H2,(H,26,28)/t19-/m0/s1. The van der Waals surface area contributed by atoms with E-state index in [1.165, 1.54) is 17.5 Å². The third kappa shape index (κ3) is 3.77. The van der Waals surface area contributed by atoms with Gasteiger partial charge in [0, 0.05) is 44.7 Å². The van der Waals surface area contributed by atoms with Gasteiger partial charge in [-0.15, -0.1) is 0 Å². The molecule has 162 valence electrons. The Kier molecular flexibility index (Phi) is 5.57. The number of nitrogens with zero attached hydrogens (tertiary/aromatic N) is 1. The average molecular weight is 411 g/mol. The number of carbonyl (C=O) groups excluding carboxylic acids is 2. The van der Waals surface area contributed by atoms with Crippen molar-refractivity contribution in [3.8, 4) is 0 Å². The number of amides is 2. The lowest BCUT2D eigenvalue weighted by molar-refractivity contribution is -0.140. The van der Waals surface area contributed by atoms with Crippen LogP contribution in [0.1, 0.15) is 74.8 Å². The van der Waals surface area contributed by atoms with Crippen LogP contribution in [0.3, 0.4) is 0 Å². The number of likely N-dealkylation sites (tertiary alicyclic amines) is 1. The molecule has 1 spiro atoms. The molecule has 0 unspecified atom stereocenters. The second kappa shape index (κ2) is 8.33. The number of hydrogen-bond donors (Lipinski definition) is 1. The predicted molar refractivity (Wildman–Crippen MR) is 115 cm³/mol. The molecule has 2 aliphatic carbocycles. The van der Waals surface area contributed by atoms with E-state index in [1.807, 2.05) is 0 Å². The Morgan fingerprint density at radius 3 is 2.50 bits per heavy atom. The van der Waals surface area contributed by atoms with Crippen LogP contribution in [0.15, 0.2) is 24.3 Å². The van der Waals surface area contributed by atoms with Crippen molar-refractivity contribution in [1.82, 2.24) is 10.2 Å². The van der Waals surface area contributed by atoms with Gasteiger partial charge in [0.25, 0.3) is 0 Å². The first-order valence-corrected chi connectivity index (χ1v) is 11.9. The third-order valence-corrected chi connectivity index (χ3v) is 8.11. The van der Waals surface area contributed by atoms with Crippen molar-refractivity contribution < 1.29 is 14.3 Å². The number of nitrogens with one attached hydrogen (secondary N) is 1. The van der Waals surface area contributed by atoms with Crippen molar-refractivity contribution in [2.24, 2.45) is 5.92 Å². The van der Waals surface area contributed by atoms with Crippen molar-refractivity contribution in [3.63, 3.8) is 0 Å². The van der Waals surface area contributed by atoms with Gasteiger partial charge in [-0.25, -0.2) is 0 Å². The van der Waals surface area contributed by atoms with Crippen LogP contribution in [0.4, 0.5) is 0 Å². The SMILES string of the molecule is O=C(C[C@H]1CC2(CCN(C(=O)C3CCOCC3)CC2)c2ccccc21)NC1CCC1. The molecule has 4 aliphatic rings. The fraction of sp³-hybridized carbons (Fsp3) is 0.680. The zero-order valence-corrected chi connectivity index (χ0v) is 17.9. The third-order valence-electron chi connectivity index (χ3n) is 8.11. The monoisotopic (exact) mass is 410 g/mol. The molecule has 5 rings (SSSR count). The van der Waals surface area contributed by atoms with Crippen LogP contribution in [0, 0.1) is 5.92 Å². The van der Waals surface area contributed by atoms with E-state index in [2.05, 4.69) is 34.5 Å². The molecule has 1 saturated carbocycles. The number of carbonyl (C=O) groups is 2. The molecule has 5 nitrogen and oxygen atoms in total. The number of piperidine rings is 1. The molecular formula is C25H34N2O3. The van der Waals surface area contributed by atoms with Gasteiger partial charge in [0.1, 0.15) is 0 Å². The maximum Gasteiger partial charge on any atom is 0.225 e. The van der Waals surface area contributed by atoms with Gasteiger partial charge in [-0.1, -0.05) is 24.3 Å². The molecule has 30 heavy (non-hydrogen) atoms. The van der Waals surface area contributed by atoms with E-state index in [1.54, 1.807) is 0 Å². The first kappa shape index (κ1) is 20.0. The number of hydrogen-bond acceptors (Lipinski definition) is 3. The minimum Gasteiger partial charge on any atom is -0.381 e. The summed E-state index contributed by atoms with van der Waals surface area (Å²) in [5, 5.41) is 3.22. The Morgan fingerprint density at radius 2 is 1.80 bits per heavy atom. The molecule has 1 aromatic rings. The maximum absolute atomic E-state index is 13.0. The van der Waals surface area contributed by atoms with Gasteiger partial charge in [-0.05, 0) is 73.8 Å². The molecule has 1 aromatic carbocycles. The molecule has 2 amide bonds. The van der Waals surface area contributed by atoms with Crippen LogP contribution in [0.2, 0.25) is 0 Å². The molecule has 1 atom stereocenters. The van der Waals surface area contributed by atoms with Crippen LogP contribution in [0.5, 0.6) is 0 Å². The fourth-order valence-electron chi connectivity index (χ4n) is 6.10. The summed E-state index contributed by atoms with van der Waals surface area (Å²) in [4.78, 5) is 27.7. The van der Waals surface area contributed by atoms with Crippen LogP contribution in [-0.2, 0) is 19.7 Å². The van der Waals surface area contributed by atoms with Crippen molar-refractivity contribution in [3.05, 3.63) is 35.4 Å². The van der Waals surface area contributed by atoms with Crippen molar-refractivity contribution in [2.75, 3.05) is 26.3 Å². The Hall–Kier alpha value is -1.88. The first-order valence-electron chi connectivity index (χ1n) is 11.9. The molecule has 2 heterocycles.